The van der Waals surface area contributed by atoms with Crippen molar-refractivity contribution in [2.45, 2.75) is 59.3 Å². The molecule has 1 fully saturated rings. The minimum atomic E-state index is 0.661. The second-order valence-electron chi connectivity index (χ2n) is 7.50. The molecule has 0 spiro atoms. The molecule has 0 aromatic rings. The van der Waals surface area contributed by atoms with Gasteiger partial charge in [0.2, 0.25) is 0 Å². The lowest BCUT2D eigenvalue weighted by Gasteiger charge is -2.30. The Morgan fingerprint density at radius 2 is 1.70 bits per heavy atom. The molecular weight excluding hydrogens is 340 g/mol. The molecule has 160 valence electrons. The molecule has 0 unspecified atom stereocenters. The van der Waals surface area contributed by atoms with E-state index >= 15 is 0 Å². The third-order valence-electron chi connectivity index (χ3n) is 4.93. The molecule has 1 rings (SSSR count). The lowest BCUT2D eigenvalue weighted by molar-refractivity contribution is 0.0487. The van der Waals surface area contributed by atoms with E-state index in [4.69, 9.17) is 9.47 Å². The maximum absolute atomic E-state index is 5.58. The highest BCUT2D eigenvalue weighted by atomic mass is 16.5. The quantitative estimate of drug-likeness (QED) is 0.258. The summed E-state index contributed by atoms with van der Waals surface area (Å²) in [7, 11) is 0. The molecule has 1 saturated heterocycles. The SMILES string of the molecule is CCCCOCCOCCNC(=NCCCCN1CCC(C)CC1)NCC. The van der Waals surface area contributed by atoms with Crippen molar-refractivity contribution in [2.24, 2.45) is 10.9 Å². The number of aliphatic imine (C=N–C) groups is 1. The van der Waals surface area contributed by atoms with Crippen LogP contribution in [0, 0.1) is 5.92 Å². The minimum Gasteiger partial charge on any atom is -0.379 e. The predicted molar refractivity (Wildman–Crippen MR) is 115 cm³/mol. The molecule has 27 heavy (non-hydrogen) atoms. The van der Waals surface area contributed by atoms with Crippen LogP contribution in [0.3, 0.4) is 0 Å². The average Bonchev–Trinajstić information content (AvgIpc) is 2.67. The summed E-state index contributed by atoms with van der Waals surface area (Å²) >= 11 is 0. The number of rotatable bonds is 15. The van der Waals surface area contributed by atoms with E-state index in [0.717, 1.165) is 51.0 Å². The second-order valence-corrected chi connectivity index (χ2v) is 7.50. The Labute approximate surface area is 167 Å². The van der Waals surface area contributed by atoms with Gasteiger partial charge in [0.05, 0.1) is 19.8 Å². The maximum Gasteiger partial charge on any atom is 0.191 e. The smallest absolute Gasteiger partial charge is 0.191 e. The fourth-order valence-corrected chi connectivity index (χ4v) is 3.08. The Bertz CT molecular complexity index is 358. The molecule has 1 aliphatic rings. The summed E-state index contributed by atoms with van der Waals surface area (Å²) in [5.74, 6) is 1.81. The van der Waals surface area contributed by atoms with Gasteiger partial charge in [-0.05, 0) is 64.6 Å². The van der Waals surface area contributed by atoms with Gasteiger partial charge >= 0.3 is 0 Å². The summed E-state index contributed by atoms with van der Waals surface area (Å²) in [6.45, 7) is 15.8. The number of ether oxygens (including phenoxy) is 2. The number of piperidine rings is 1. The Kier molecular flexibility index (Phi) is 15.5. The number of nitrogens with zero attached hydrogens (tertiary/aromatic N) is 2. The van der Waals surface area contributed by atoms with Gasteiger partial charge in [-0.1, -0.05) is 20.3 Å². The highest BCUT2D eigenvalue weighted by molar-refractivity contribution is 5.79. The van der Waals surface area contributed by atoms with Crippen LogP contribution in [0.5, 0.6) is 0 Å². The second kappa shape index (κ2) is 17.3. The summed E-state index contributed by atoms with van der Waals surface area (Å²) < 4.78 is 11.1. The van der Waals surface area contributed by atoms with Gasteiger partial charge in [-0.25, -0.2) is 0 Å². The lowest BCUT2D eigenvalue weighted by atomic mass is 9.99. The molecule has 6 nitrogen and oxygen atoms in total. The largest absolute Gasteiger partial charge is 0.379 e. The van der Waals surface area contributed by atoms with Crippen LogP contribution in [0.4, 0.5) is 0 Å². The number of hydrogen-bond donors (Lipinski definition) is 2. The highest BCUT2D eigenvalue weighted by Gasteiger charge is 2.14. The summed E-state index contributed by atoms with van der Waals surface area (Å²) in [5, 5.41) is 6.64. The fraction of sp³-hybridized carbons (Fsp3) is 0.952. The van der Waals surface area contributed by atoms with Crippen molar-refractivity contribution < 1.29 is 9.47 Å². The first kappa shape index (κ1) is 24.2. The predicted octanol–water partition coefficient (Wildman–Crippen LogP) is 2.89. The molecule has 0 atom stereocenters. The molecule has 0 aromatic heterocycles. The monoisotopic (exact) mass is 384 g/mol. The van der Waals surface area contributed by atoms with Crippen LogP contribution >= 0.6 is 0 Å². The molecule has 0 aliphatic carbocycles. The van der Waals surface area contributed by atoms with Gasteiger partial charge in [0.25, 0.3) is 0 Å². The number of hydrogen-bond acceptors (Lipinski definition) is 4. The summed E-state index contributed by atoms with van der Waals surface area (Å²) in [6, 6.07) is 0. The van der Waals surface area contributed by atoms with Crippen LogP contribution in [-0.2, 0) is 9.47 Å². The molecular formula is C21H44N4O2. The van der Waals surface area contributed by atoms with E-state index < -0.39 is 0 Å². The normalized spacial score (nSPS) is 16.6. The third kappa shape index (κ3) is 13.9. The van der Waals surface area contributed by atoms with Gasteiger partial charge in [0.1, 0.15) is 0 Å². The van der Waals surface area contributed by atoms with E-state index in [2.05, 4.69) is 41.3 Å². The van der Waals surface area contributed by atoms with Gasteiger partial charge in [0.15, 0.2) is 5.96 Å². The summed E-state index contributed by atoms with van der Waals surface area (Å²) in [5.41, 5.74) is 0. The molecule has 2 N–H and O–H groups in total. The van der Waals surface area contributed by atoms with Gasteiger partial charge in [0, 0.05) is 26.2 Å². The molecule has 0 amide bonds. The van der Waals surface area contributed by atoms with Gasteiger partial charge in [-0.3, -0.25) is 4.99 Å². The topological polar surface area (TPSA) is 58.1 Å². The molecule has 0 bridgehead atoms. The average molecular weight is 385 g/mol. The molecule has 0 aromatic carbocycles. The summed E-state index contributed by atoms with van der Waals surface area (Å²) in [6.07, 6.45) is 7.40. The number of unbranched alkanes of at least 4 members (excludes halogenated alkanes) is 2. The first-order chi connectivity index (χ1) is 13.3. The van der Waals surface area contributed by atoms with E-state index in [9.17, 15) is 0 Å². The highest BCUT2D eigenvalue weighted by Crippen LogP contribution is 2.16. The van der Waals surface area contributed by atoms with Gasteiger partial charge in [-0.15, -0.1) is 0 Å². The van der Waals surface area contributed by atoms with Crippen LogP contribution in [0.1, 0.15) is 59.3 Å². The molecule has 1 heterocycles. The van der Waals surface area contributed by atoms with Crippen molar-refractivity contribution >= 4 is 5.96 Å². The van der Waals surface area contributed by atoms with Crippen LogP contribution in [0.25, 0.3) is 0 Å². The van der Waals surface area contributed by atoms with E-state index in [0.29, 0.717) is 19.8 Å². The Hall–Kier alpha value is -0.850. The van der Waals surface area contributed by atoms with Crippen LogP contribution in [0.15, 0.2) is 4.99 Å². The number of guanidine groups is 1. The molecule has 0 saturated carbocycles. The van der Waals surface area contributed by atoms with Crippen molar-refractivity contribution in [3.05, 3.63) is 0 Å². The van der Waals surface area contributed by atoms with Crippen molar-refractivity contribution in [1.29, 1.82) is 0 Å². The number of nitrogens with one attached hydrogen (secondary N) is 2. The zero-order valence-electron chi connectivity index (χ0n) is 18.1. The fourth-order valence-electron chi connectivity index (χ4n) is 3.08. The van der Waals surface area contributed by atoms with Crippen LogP contribution in [0.2, 0.25) is 0 Å². The Morgan fingerprint density at radius 3 is 2.41 bits per heavy atom. The van der Waals surface area contributed by atoms with Gasteiger partial charge in [-0.2, -0.15) is 0 Å². The molecule has 0 radical (unpaired) electrons. The maximum atomic E-state index is 5.58. The first-order valence-electron chi connectivity index (χ1n) is 11.2. The van der Waals surface area contributed by atoms with E-state index in [1.54, 1.807) is 0 Å². The number of likely N-dealkylation sites (tertiary alicyclic amines) is 1. The first-order valence-corrected chi connectivity index (χ1v) is 11.2. The lowest BCUT2D eigenvalue weighted by Crippen LogP contribution is -2.39. The molecule has 6 heteroatoms. The third-order valence-corrected chi connectivity index (χ3v) is 4.93. The Morgan fingerprint density at radius 1 is 0.963 bits per heavy atom. The standard InChI is InChI=1S/C21H44N4O2/c1-4-6-16-26-18-19-27-17-12-24-21(22-5-2)23-11-7-8-13-25-14-9-20(3)10-15-25/h20H,4-19H2,1-3H3,(H2,22,23,24). The van der Waals surface area contributed by atoms with Crippen LogP contribution < -0.4 is 10.6 Å². The Balaban J connectivity index is 2.01. The zero-order valence-corrected chi connectivity index (χ0v) is 18.1. The van der Waals surface area contributed by atoms with Crippen molar-refractivity contribution in [3.8, 4) is 0 Å². The minimum absolute atomic E-state index is 0.661. The van der Waals surface area contributed by atoms with E-state index in [1.807, 2.05) is 0 Å². The van der Waals surface area contributed by atoms with Crippen molar-refractivity contribution in [1.82, 2.24) is 15.5 Å². The van der Waals surface area contributed by atoms with Crippen LogP contribution in [-0.4, -0.2) is 76.6 Å². The van der Waals surface area contributed by atoms with Crippen molar-refractivity contribution in [2.75, 3.05) is 65.7 Å². The summed E-state index contributed by atoms with van der Waals surface area (Å²) in [4.78, 5) is 7.28. The van der Waals surface area contributed by atoms with Gasteiger partial charge < -0.3 is 25.0 Å². The molecule has 1 aliphatic heterocycles. The van der Waals surface area contributed by atoms with Crippen molar-refractivity contribution in [3.63, 3.8) is 0 Å². The zero-order chi connectivity index (χ0) is 19.6. The van der Waals surface area contributed by atoms with E-state index in [-0.39, 0.29) is 0 Å². The van der Waals surface area contributed by atoms with E-state index in [1.165, 1.54) is 45.3 Å².